The van der Waals surface area contributed by atoms with E-state index in [1.807, 2.05) is 48.2 Å². The van der Waals surface area contributed by atoms with E-state index in [1.54, 1.807) is 0 Å². The number of amides is 1. The molecule has 2 atom stereocenters. The molecule has 30 heavy (non-hydrogen) atoms. The van der Waals surface area contributed by atoms with E-state index in [0.29, 0.717) is 37.6 Å². The van der Waals surface area contributed by atoms with Crippen LogP contribution < -0.4 is 10.5 Å². The molecule has 0 unspecified atom stereocenters. The summed E-state index contributed by atoms with van der Waals surface area (Å²) >= 11 is 0. The summed E-state index contributed by atoms with van der Waals surface area (Å²) in [6.45, 7) is 10.3. The van der Waals surface area contributed by atoms with Crippen molar-refractivity contribution in [1.82, 2.24) is 4.90 Å². The zero-order chi connectivity index (χ0) is 21.0. The molecule has 2 aromatic carbocycles. The second kappa shape index (κ2) is 10.3. The normalized spacial score (nSPS) is 19.2. The molecular weight excluding hydrogens is 400 g/mol. The first-order valence-corrected chi connectivity index (χ1v) is 10.2. The van der Waals surface area contributed by atoms with Crippen molar-refractivity contribution >= 4 is 18.3 Å². The maximum atomic E-state index is 13.5. The van der Waals surface area contributed by atoms with Gasteiger partial charge in [-0.3, -0.25) is 4.79 Å². The van der Waals surface area contributed by atoms with Gasteiger partial charge < -0.3 is 20.1 Å². The lowest BCUT2D eigenvalue weighted by molar-refractivity contribution is -0.119. The van der Waals surface area contributed by atoms with Crippen LogP contribution in [-0.4, -0.2) is 43.2 Å². The third-order valence-corrected chi connectivity index (χ3v) is 5.27. The summed E-state index contributed by atoms with van der Waals surface area (Å²) in [6, 6.07) is 15.8. The highest BCUT2D eigenvalue weighted by Gasteiger charge is 2.38. The van der Waals surface area contributed by atoms with Crippen LogP contribution in [0.4, 0.5) is 0 Å². The average molecular weight is 433 g/mol. The third kappa shape index (κ3) is 5.75. The molecule has 1 aliphatic heterocycles. The van der Waals surface area contributed by atoms with Gasteiger partial charge in [-0.1, -0.05) is 62.7 Å². The minimum absolute atomic E-state index is 0. The highest BCUT2D eigenvalue weighted by atomic mass is 35.5. The van der Waals surface area contributed by atoms with E-state index in [0.717, 1.165) is 11.1 Å². The first-order valence-electron chi connectivity index (χ1n) is 10.2. The molecule has 0 aromatic heterocycles. The molecule has 2 aromatic rings. The number of benzene rings is 2. The number of carbonyl (C=O) groups is 1. The zero-order valence-corrected chi connectivity index (χ0v) is 19.1. The molecule has 1 aliphatic rings. The van der Waals surface area contributed by atoms with Crippen molar-refractivity contribution < 1.29 is 14.3 Å². The summed E-state index contributed by atoms with van der Waals surface area (Å²) in [6.07, 6.45) is -0.222. The van der Waals surface area contributed by atoms with Crippen LogP contribution in [0.5, 0.6) is 5.75 Å². The number of ether oxygens (including phenoxy) is 2. The molecule has 0 spiro atoms. The van der Waals surface area contributed by atoms with Crippen LogP contribution in [0.2, 0.25) is 0 Å². The Balaban J connectivity index is 0.00000320. The lowest BCUT2D eigenvalue weighted by Crippen LogP contribution is -2.51. The molecule has 1 heterocycles. The van der Waals surface area contributed by atoms with Gasteiger partial charge in [-0.2, -0.15) is 0 Å². The fourth-order valence-electron chi connectivity index (χ4n) is 3.53. The molecule has 0 bridgehead atoms. The molecule has 2 N–H and O–H groups in total. The van der Waals surface area contributed by atoms with Crippen molar-refractivity contribution in [3.8, 4) is 5.75 Å². The van der Waals surface area contributed by atoms with Crippen LogP contribution >= 0.6 is 12.4 Å². The van der Waals surface area contributed by atoms with Crippen LogP contribution in [0.25, 0.3) is 0 Å². The van der Waals surface area contributed by atoms with Crippen LogP contribution in [0.1, 0.15) is 48.4 Å². The summed E-state index contributed by atoms with van der Waals surface area (Å²) in [5, 5.41) is 0. The van der Waals surface area contributed by atoms with Crippen molar-refractivity contribution in [2.45, 2.75) is 39.9 Å². The Hall–Kier alpha value is -2.08. The van der Waals surface area contributed by atoms with Gasteiger partial charge >= 0.3 is 0 Å². The lowest BCUT2D eigenvalue weighted by Gasteiger charge is -2.43. The third-order valence-electron chi connectivity index (χ3n) is 5.27. The highest BCUT2D eigenvalue weighted by Crippen LogP contribution is 2.34. The van der Waals surface area contributed by atoms with E-state index in [-0.39, 0.29) is 35.9 Å². The molecule has 6 heteroatoms. The SMILES string of the molecule is Cc1ccc(OCCN)c(C(=O)N2C[C@@H](c3ccccc3)O[C@@H](C(C)(C)C)C2)c1.Cl. The number of hydrogen-bond acceptors (Lipinski definition) is 4. The van der Waals surface area contributed by atoms with Crippen LogP contribution in [0, 0.1) is 12.3 Å². The van der Waals surface area contributed by atoms with Crippen LogP contribution in [0.15, 0.2) is 48.5 Å². The van der Waals surface area contributed by atoms with E-state index in [2.05, 4.69) is 32.9 Å². The predicted molar refractivity (Wildman–Crippen MR) is 122 cm³/mol. The van der Waals surface area contributed by atoms with Crippen molar-refractivity contribution in [2.75, 3.05) is 26.2 Å². The summed E-state index contributed by atoms with van der Waals surface area (Å²) in [4.78, 5) is 15.4. The van der Waals surface area contributed by atoms with Crippen molar-refractivity contribution in [3.05, 3.63) is 65.2 Å². The number of aryl methyl sites for hydroxylation is 1. The Morgan fingerprint density at radius 3 is 2.50 bits per heavy atom. The van der Waals surface area contributed by atoms with Gasteiger partial charge in [-0.15, -0.1) is 12.4 Å². The zero-order valence-electron chi connectivity index (χ0n) is 18.3. The van der Waals surface area contributed by atoms with Gasteiger partial charge in [0.25, 0.3) is 5.91 Å². The largest absolute Gasteiger partial charge is 0.491 e. The standard InChI is InChI=1S/C24H32N2O3.ClH/c1-17-10-11-20(28-13-12-25)19(14-17)23(27)26-15-21(18-8-6-5-7-9-18)29-22(16-26)24(2,3)4;/h5-11,14,21-22H,12-13,15-16,25H2,1-4H3;1H/t21-,22+;/m0./s1. The van der Waals surface area contributed by atoms with Gasteiger partial charge in [-0.05, 0) is 30.0 Å². The van der Waals surface area contributed by atoms with Gasteiger partial charge in [0, 0.05) is 13.1 Å². The maximum Gasteiger partial charge on any atom is 0.257 e. The molecule has 0 saturated carbocycles. The Bertz CT molecular complexity index is 836. The summed E-state index contributed by atoms with van der Waals surface area (Å²) in [5.41, 5.74) is 8.19. The monoisotopic (exact) mass is 432 g/mol. The molecule has 1 amide bonds. The number of carbonyl (C=O) groups excluding carboxylic acids is 1. The van der Waals surface area contributed by atoms with Gasteiger partial charge in [-0.25, -0.2) is 0 Å². The topological polar surface area (TPSA) is 64.8 Å². The molecule has 1 saturated heterocycles. The summed E-state index contributed by atoms with van der Waals surface area (Å²) in [5.74, 6) is 0.556. The van der Waals surface area contributed by atoms with Gasteiger partial charge in [0.05, 0.1) is 18.2 Å². The number of halogens is 1. The van der Waals surface area contributed by atoms with Gasteiger partial charge in [0.1, 0.15) is 18.5 Å². The first-order chi connectivity index (χ1) is 13.8. The van der Waals surface area contributed by atoms with E-state index < -0.39 is 0 Å². The number of morpholine rings is 1. The molecule has 3 rings (SSSR count). The Kier molecular flexibility index (Phi) is 8.30. The maximum absolute atomic E-state index is 13.5. The minimum Gasteiger partial charge on any atom is -0.491 e. The predicted octanol–water partition coefficient (Wildman–Crippen LogP) is 4.38. The van der Waals surface area contributed by atoms with E-state index >= 15 is 0 Å². The Morgan fingerprint density at radius 2 is 1.87 bits per heavy atom. The fourth-order valence-corrected chi connectivity index (χ4v) is 3.53. The first kappa shape index (κ1) is 24.2. The van der Waals surface area contributed by atoms with Crippen LogP contribution in [-0.2, 0) is 4.74 Å². The highest BCUT2D eigenvalue weighted by molar-refractivity contribution is 5.97. The number of nitrogens with two attached hydrogens (primary N) is 1. The van der Waals surface area contributed by atoms with E-state index in [9.17, 15) is 4.79 Å². The molecule has 1 fully saturated rings. The van der Waals surface area contributed by atoms with Gasteiger partial charge in [0.2, 0.25) is 0 Å². The second-order valence-electron chi connectivity index (χ2n) is 8.74. The van der Waals surface area contributed by atoms with E-state index in [1.165, 1.54) is 0 Å². The summed E-state index contributed by atoms with van der Waals surface area (Å²) < 4.78 is 12.2. The molecule has 0 radical (unpaired) electrons. The fraction of sp³-hybridized carbons (Fsp3) is 0.458. The Labute approximate surface area is 186 Å². The Morgan fingerprint density at radius 1 is 1.17 bits per heavy atom. The number of hydrogen-bond donors (Lipinski definition) is 1. The quantitative estimate of drug-likeness (QED) is 0.761. The van der Waals surface area contributed by atoms with Crippen LogP contribution in [0.3, 0.4) is 0 Å². The number of rotatable bonds is 5. The van der Waals surface area contributed by atoms with Crippen molar-refractivity contribution in [3.63, 3.8) is 0 Å². The molecular formula is C24H33ClN2O3. The molecule has 5 nitrogen and oxygen atoms in total. The smallest absolute Gasteiger partial charge is 0.257 e. The summed E-state index contributed by atoms with van der Waals surface area (Å²) in [7, 11) is 0. The lowest BCUT2D eigenvalue weighted by atomic mass is 9.87. The average Bonchev–Trinajstić information content (AvgIpc) is 2.72. The van der Waals surface area contributed by atoms with Crippen molar-refractivity contribution in [2.24, 2.45) is 11.1 Å². The molecule has 164 valence electrons. The molecule has 0 aliphatic carbocycles. The minimum atomic E-state index is -0.156. The second-order valence-corrected chi connectivity index (χ2v) is 8.74. The van der Waals surface area contributed by atoms with Crippen molar-refractivity contribution in [1.29, 1.82) is 0 Å². The number of nitrogens with zero attached hydrogens (tertiary/aromatic N) is 1. The van der Waals surface area contributed by atoms with Gasteiger partial charge in [0.15, 0.2) is 0 Å². The van der Waals surface area contributed by atoms with E-state index in [4.69, 9.17) is 15.2 Å².